The van der Waals surface area contributed by atoms with E-state index in [0.717, 1.165) is 11.3 Å². The number of rotatable bonds is 3. The van der Waals surface area contributed by atoms with Crippen LogP contribution in [0.2, 0.25) is 0 Å². The fourth-order valence-corrected chi connectivity index (χ4v) is 3.88. The number of imidazole rings is 1. The topological polar surface area (TPSA) is 91.5 Å². The van der Waals surface area contributed by atoms with Crippen molar-refractivity contribution < 1.29 is 19.3 Å². The van der Waals surface area contributed by atoms with E-state index >= 15 is 0 Å². The Hall–Kier alpha value is -2.39. The van der Waals surface area contributed by atoms with Crippen LogP contribution >= 0.6 is 0 Å². The van der Waals surface area contributed by atoms with E-state index in [0.29, 0.717) is 11.2 Å². The molecule has 8 heteroatoms. The lowest BCUT2D eigenvalue weighted by atomic mass is 10.1. The van der Waals surface area contributed by atoms with Crippen LogP contribution in [-0.2, 0) is 14.2 Å². The Bertz CT molecular complexity index is 974. The second-order valence-corrected chi connectivity index (χ2v) is 7.22. The molecule has 8 nitrogen and oxygen atoms in total. The van der Waals surface area contributed by atoms with Crippen molar-refractivity contribution in [1.82, 2.24) is 19.5 Å². The van der Waals surface area contributed by atoms with Gasteiger partial charge in [-0.2, -0.15) is 0 Å². The summed E-state index contributed by atoms with van der Waals surface area (Å²) in [4.78, 5) is 13.4. The molecule has 1 aromatic carbocycles. The Labute approximate surface area is 155 Å². The summed E-state index contributed by atoms with van der Waals surface area (Å²) >= 11 is 0. The fraction of sp³-hybridized carbons (Fsp3) is 0.421. The monoisotopic (exact) mass is 368 g/mol. The maximum absolute atomic E-state index is 9.69. The highest BCUT2D eigenvalue weighted by Gasteiger charge is 2.55. The molecule has 1 N–H and O–H groups in total. The first-order valence-electron chi connectivity index (χ1n) is 8.92. The Balaban J connectivity index is 1.58. The summed E-state index contributed by atoms with van der Waals surface area (Å²) in [5, 5.41) is 9.69. The summed E-state index contributed by atoms with van der Waals surface area (Å²) in [6.07, 6.45) is 1.55. The van der Waals surface area contributed by atoms with Gasteiger partial charge in [-0.1, -0.05) is 30.3 Å². The number of aliphatic hydroxyl groups is 1. The zero-order chi connectivity index (χ0) is 18.6. The standard InChI is InChI=1S/C19H20N4O4/c1-19(2)26-15-12(8-24)25-18(16(15)27-19)23-10-22-14-13(20-9-21-17(14)23)11-6-4-3-5-7-11/h3-7,9-10,12,15-16,18,24H,8H2,1-2H3. The zero-order valence-corrected chi connectivity index (χ0v) is 15.0. The van der Waals surface area contributed by atoms with Crippen molar-refractivity contribution in [1.29, 1.82) is 0 Å². The second-order valence-electron chi connectivity index (χ2n) is 7.22. The van der Waals surface area contributed by atoms with Crippen LogP contribution in [0, 0.1) is 0 Å². The zero-order valence-electron chi connectivity index (χ0n) is 15.0. The first-order valence-corrected chi connectivity index (χ1v) is 8.92. The molecule has 0 saturated carbocycles. The van der Waals surface area contributed by atoms with Gasteiger partial charge in [0.2, 0.25) is 0 Å². The smallest absolute Gasteiger partial charge is 0.166 e. The molecule has 2 aliphatic heterocycles. The van der Waals surface area contributed by atoms with Gasteiger partial charge in [0.1, 0.15) is 35.8 Å². The van der Waals surface area contributed by atoms with Gasteiger partial charge in [0.25, 0.3) is 0 Å². The maximum Gasteiger partial charge on any atom is 0.166 e. The van der Waals surface area contributed by atoms with E-state index in [-0.39, 0.29) is 18.8 Å². The molecule has 140 valence electrons. The van der Waals surface area contributed by atoms with Crippen LogP contribution in [0.25, 0.3) is 22.4 Å². The molecule has 5 rings (SSSR count). The van der Waals surface area contributed by atoms with E-state index in [1.165, 1.54) is 6.33 Å². The van der Waals surface area contributed by atoms with Crippen LogP contribution < -0.4 is 0 Å². The van der Waals surface area contributed by atoms with Crippen LogP contribution in [0.5, 0.6) is 0 Å². The quantitative estimate of drug-likeness (QED) is 0.755. The highest BCUT2D eigenvalue weighted by atomic mass is 16.8. The summed E-state index contributed by atoms with van der Waals surface area (Å²) in [6, 6.07) is 9.86. The normalized spacial score (nSPS) is 29.3. The molecule has 2 aromatic heterocycles. The van der Waals surface area contributed by atoms with Gasteiger partial charge in [-0.3, -0.25) is 4.57 Å². The molecule has 4 heterocycles. The van der Waals surface area contributed by atoms with Crippen molar-refractivity contribution in [3.05, 3.63) is 43.0 Å². The Kier molecular flexibility index (Phi) is 3.76. The minimum absolute atomic E-state index is 0.145. The highest BCUT2D eigenvalue weighted by molar-refractivity contribution is 5.87. The average molecular weight is 368 g/mol. The Morgan fingerprint density at radius 2 is 1.85 bits per heavy atom. The molecule has 0 aliphatic carbocycles. The van der Waals surface area contributed by atoms with E-state index in [1.807, 2.05) is 48.7 Å². The molecule has 0 amide bonds. The molecule has 2 aliphatic rings. The average Bonchev–Trinajstić information content (AvgIpc) is 3.32. The van der Waals surface area contributed by atoms with Crippen molar-refractivity contribution in [2.45, 2.75) is 44.2 Å². The van der Waals surface area contributed by atoms with Gasteiger partial charge in [-0.25, -0.2) is 15.0 Å². The third-order valence-electron chi connectivity index (χ3n) is 4.99. The SMILES string of the molecule is CC1(C)OC2C(CO)OC(n3cnc4c(-c5ccccc5)ncnc43)C2O1. The molecule has 0 radical (unpaired) electrons. The van der Waals surface area contributed by atoms with E-state index in [1.54, 1.807) is 6.33 Å². The number of hydrogen-bond acceptors (Lipinski definition) is 7. The number of aliphatic hydroxyl groups excluding tert-OH is 1. The van der Waals surface area contributed by atoms with Crippen LogP contribution in [0.3, 0.4) is 0 Å². The number of benzene rings is 1. The van der Waals surface area contributed by atoms with Crippen molar-refractivity contribution in [2.75, 3.05) is 6.61 Å². The number of nitrogens with zero attached hydrogens (tertiary/aromatic N) is 4. The lowest BCUT2D eigenvalue weighted by Crippen LogP contribution is -2.31. The largest absolute Gasteiger partial charge is 0.394 e. The van der Waals surface area contributed by atoms with Crippen LogP contribution in [-0.4, -0.2) is 55.3 Å². The molecule has 2 fully saturated rings. The van der Waals surface area contributed by atoms with Gasteiger partial charge in [-0.05, 0) is 13.8 Å². The predicted octanol–water partition coefficient (Wildman–Crippen LogP) is 1.90. The molecule has 27 heavy (non-hydrogen) atoms. The molecular weight excluding hydrogens is 348 g/mol. The highest BCUT2D eigenvalue weighted by Crippen LogP contribution is 2.43. The molecule has 4 unspecified atom stereocenters. The Morgan fingerprint density at radius 1 is 1.07 bits per heavy atom. The van der Waals surface area contributed by atoms with Crippen molar-refractivity contribution >= 4 is 11.2 Å². The maximum atomic E-state index is 9.69. The molecule has 4 atom stereocenters. The van der Waals surface area contributed by atoms with Crippen LogP contribution in [0.15, 0.2) is 43.0 Å². The van der Waals surface area contributed by atoms with Crippen molar-refractivity contribution in [3.8, 4) is 11.3 Å². The van der Waals surface area contributed by atoms with E-state index in [4.69, 9.17) is 14.2 Å². The lowest BCUT2D eigenvalue weighted by Gasteiger charge is -2.24. The van der Waals surface area contributed by atoms with Gasteiger partial charge >= 0.3 is 0 Å². The first-order chi connectivity index (χ1) is 13.1. The summed E-state index contributed by atoms with van der Waals surface area (Å²) in [7, 11) is 0. The number of hydrogen-bond donors (Lipinski definition) is 1. The third kappa shape index (κ3) is 2.64. The number of aromatic nitrogens is 4. The number of fused-ring (bicyclic) bond motifs is 2. The number of ether oxygens (including phenoxy) is 3. The van der Waals surface area contributed by atoms with E-state index in [9.17, 15) is 5.11 Å². The first kappa shape index (κ1) is 16.8. The van der Waals surface area contributed by atoms with E-state index in [2.05, 4.69) is 15.0 Å². The van der Waals surface area contributed by atoms with Crippen LogP contribution in [0.4, 0.5) is 0 Å². The minimum atomic E-state index is -0.731. The molecular formula is C19H20N4O4. The van der Waals surface area contributed by atoms with Crippen molar-refractivity contribution in [2.24, 2.45) is 0 Å². The Morgan fingerprint density at radius 3 is 2.63 bits per heavy atom. The predicted molar refractivity (Wildman–Crippen MR) is 95.6 cm³/mol. The molecule has 2 saturated heterocycles. The summed E-state index contributed by atoms with van der Waals surface area (Å²) in [5.74, 6) is -0.731. The summed E-state index contributed by atoms with van der Waals surface area (Å²) in [5.41, 5.74) is 3.07. The summed E-state index contributed by atoms with van der Waals surface area (Å²) < 4.78 is 19.9. The van der Waals surface area contributed by atoms with E-state index < -0.39 is 18.1 Å². The second kappa shape index (κ2) is 6.07. The fourth-order valence-electron chi connectivity index (χ4n) is 3.88. The molecule has 0 spiro atoms. The van der Waals surface area contributed by atoms with Crippen LogP contribution in [0.1, 0.15) is 20.1 Å². The lowest BCUT2D eigenvalue weighted by molar-refractivity contribution is -0.199. The minimum Gasteiger partial charge on any atom is -0.394 e. The van der Waals surface area contributed by atoms with Gasteiger partial charge in [0.05, 0.1) is 12.9 Å². The van der Waals surface area contributed by atoms with Gasteiger partial charge < -0.3 is 19.3 Å². The summed E-state index contributed by atoms with van der Waals surface area (Å²) in [6.45, 7) is 3.57. The van der Waals surface area contributed by atoms with Gasteiger partial charge in [0, 0.05) is 5.56 Å². The third-order valence-corrected chi connectivity index (χ3v) is 4.99. The van der Waals surface area contributed by atoms with Crippen molar-refractivity contribution in [3.63, 3.8) is 0 Å². The molecule has 0 bridgehead atoms. The van der Waals surface area contributed by atoms with Gasteiger partial charge in [-0.15, -0.1) is 0 Å². The van der Waals surface area contributed by atoms with Gasteiger partial charge in [0.15, 0.2) is 17.7 Å². The molecule has 3 aromatic rings.